The summed E-state index contributed by atoms with van der Waals surface area (Å²) in [4.78, 5) is 39.0. The number of esters is 1. The van der Waals surface area contributed by atoms with E-state index in [-0.39, 0.29) is 30.4 Å². The molecule has 0 spiro atoms. The Hall–Kier alpha value is -2.74. The van der Waals surface area contributed by atoms with E-state index in [4.69, 9.17) is 4.74 Å². The predicted octanol–water partition coefficient (Wildman–Crippen LogP) is 0.844. The van der Waals surface area contributed by atoms with Crippen LogP contribution in [0.3, 0.4) is 0 Å². The van der Waals surface area contributed by atoms with Crippen molar-refractivity contribution in [2.75, 3.05) is 19.7 Å². The Morgan fingerprint density at radius 2 is 1.89 bits per heavy atom. The molecule has 1 aromatic heterocycles. The van der Waals surface area contributed by atoms with Gasteiger partial charge in [-0.2, -0.15) is 0 Å². The molecule has 0 radical (unpaired) electrons. The van der Waals surface area contributed by atoms with Crippen LogP contribution < -0.4 is 14.8 Å². The number of benzene rings is 1. The van der Waals surface area contributed by atoms with Crippen molar-refractivity contribution in [3.8, 4) is 0 Å². The van der Waals surface area contributed by atoms with Gasteiger partial charge in [-0.25, -0.2) is 9.18 Å². The molecule has 1 amide bonds. The van der Waals surface area contributed by atoms with Crippen molar-refractivity contribution in [1.29, 1.82) is 0 Å². The molecule has 2 heterocycles. The normalized spacial score (nSPS) is 15.3. The maximum absolute atomic E-state index is 13.1. The molecule has 1 fully saturated rings. The molecule has 6 nitrogen and oxygen atoms in total. The van der Waals surface area contributed by atoms with Gasteiger partial charge in [-0.1, -0.05) is 12.1 Å². The molecule has 1 aliphatic rings. The predicted molar refractivity (Wildman–Crippen MR) is 105 cm³/mol. The van der Waals surface area contributed by atoms with E-state index >= 15 is 0 Å². The van der Waals surface area contributed by atoms with Crippen LogP contribution in [0, 0.1) is 5.82 Å². The first-order chi connectivity index (χ1) is 13.5. The van der Waals surface area contributed by atoms with Crippen LogP contribution in [0.4, 0.5) is 4.39 Å². The first kappa shape index (κ1) is 20.0. The lowest BCUT2D eigenvalue weighted by Crippen LogP contribution is -2.39. The topological polar surface area (TPSA) is 68.6 Å². The lowest BCUT2D eigenvalue weighted by atomic mass is 10.2. The van der Waals surface area contributed by atoms with E-state index in [2.05, 4.69) is 0 Å². The smallest absolute Gasteiger partial charge is 0.333 e. The summed E-state index contributed by atoms with van der Waals surface area (Å²) < 4.78 is 20.1. The summed E-state index contributed by atoms with van der Waals surface area (Å²) in [6.45, 7) is 3.15. The molecule has 0 aliphatic carbocycles. The molecular formula is C20H21FN2O4S. The highest BCUT2D eigenvalue weighted by molar-refractivity contribution is 7.07. The maximum Gasteiger partial charge on any atom is 0.333 e. The molecule has 1 aliphatic heterocycles. The molecule has 1 aromatic carbocycles. The van der Waals surface area contributed by atoms with Crippen LogP contribution in [0.2, 0.25) is 0 Å². The van der Waals surface area contributed by atoms with Gasteiger partial charge in [0, 0.05) is 13.1 Å². The number of hydrogen-bond donors (Lipinski definition) is 0. The zero-order valence-electron chi connectivity index (χ0n) is 15.5. The van der Waals surface area contributed by atoms with Crippen molar-refractivity contribution in [2.45, 2.75) is 26.3 Å². The number of aromatic nitrogens is 1. The first-order valence-electron chi connectivity index (χ1n) is 9.11. The van der Waals surface area contributed by atoms with Crippen LogP contribution in [-0.4, -0.2) is 41.0 Å². The molecule has 0 unspecified atom stereocenters. The Balaban J connectivity index is 2.03. The summed E-state index contributed by atoms with van der Waals surface area (Å²) in [6, 6.07) is 5.73. The monoisotopic (exact) mass is 404 g/mol. The van der Waals surface area contributed by atoms with Gasteiger partial charge in [-0.05, 0) is 43.5 Å². The number of hydrogen-bond acceptors (Lipinski definition) is 5. The Morgan fingerprint density at radius 1 is 1.21 bits per heavy atom. The van der Waals surface area contributed by atoms with Gasteiger partial charge in [0.1, 0.15) is 17.0 Å². The highest BCUT2D eigenvalue weighted by Crippen LogP contribution is 2.07. The van der Waals surface area contributed by atoms with Gasteiger partial charge < -0.3 is 9.64 Å². The van der Waals surface area contributed by atoms with Crippen LogP contribution in [0.25, 0.3) is 12.2 Å². The second kappa shape index (κ2) is 8.97. The highest BCUT2D eigenvalue weighted by atomic mass is 32.1. The van der Waals surface area contributed by atoms with E-state index in [1.165, 1.54) is 22.8 Å². The van der Waals surface area contributed by atoms with E-state index in [0.29, 0.717) is 27.8 Å². The fourth-order valence-electron chi connectivity index (χ4n) is 2.99. The molecular weight excluding hydrogens is 383 g/mol. The van der Waals surface area contributed by atoms with Gasteiger partial charge in [0.25, 0.3) is 5.56 Å². The molecule has 0 N–H and O–H groups in total. The number of amides is 1. The molecule has 1 saturated heterocycles. The van der Waals surface area contributed by atoms with Crippen molar-refractivity contribution in [3.05, 3.63) is 55.2 Å². The number of carbonyl (C=O) groups is 2. The third-order valence-electron chi connectivity index (χ3n) is 4.38. The van der Waals surface area contributed by atoms with E-state index in [0.717, 1.165) is 24.2 Å². The summed E-state index contributed by atoms with van der Waals surface area (Å²) in [5.74, 6) is -1.09. The minimum Gasteiger partial charge on any atom is -0.463 e. The number of thiazole rings is 1. The van der Waals surface area contributed by atoms with Crippen LogP contribution >= 0.6 is 11.3 Å². The zero-order chi connectivity index (χ0) is 20.1. The summed E-state index contributed by atoms with van der Waals surface area (Å²) in [5.41, 5.74) is 0.290. The van der Waals surface area contributed by atoms with Crippen molar-refractivity contribution < 1.29 is 18.7 Å². The number of rotatable bonds is 5. The van der Waals surface area contributed by atoms with E-state index in [9.17, 15) is 18.8 Å². The van der Waals surface area contributed by atoms with E-state index < -0.39 is 5.97 Å². The zero-order valence-corrected chi connectivity index (χ0v) is 16.3. The fourth-order valence-corrected chi connectivity index (χ4v) is 4.02. The number of ether oxygens (including phenoxy) is 1. The Bertz CT molecular complexity index is 1030. The summed E-state index contributed by atoms with van der Waals surface area (Å²) in [5, 5.41) is 0. The maximum atomic E-state index is 13.1. The number of carbonyl (C=O) groups excluding carboxylic acids is 2. The van der Waals surface area contributed by atoms with Crippen molar-refractivity contribution in [1.82, 2.24) is 9.47 Å². The Labute approximate surface area is 165 Å². The second-order valence-electron chi connectivity index (χ2n) is 6.38. The van der Waals surface area contributed by atoms with Gasteiger partial charge >= 0.3 is 5.97 Å². The Morgan fingerprint density at radius 3 is 2.54 bits per heavy atom. The van der Waals surface area contributed by atoms with Gasteiger partial charge in [0.2, 0.25) is 5.91 Å². The second-order valence-corrected chi connectivity index (χ2v) is 7.44. The van der Waals surface area contributed by atoms with Gasteiger partial charge in [0.15, 0.2) is 0 Å². The average molecular weight is 404 g/mol. The van der Waals surface area contributed by atoms with Crippen LogP contribution in [0.15, 0.2) is 29.1 Å². The van der Waals surface area contributed by atoms with E-state index in [1.54, 1.807) is 30.0 Å². The van der Waals surface area contributed by atoms with Crippen molar-refractivity contribution >= 4 is 35.4 Å². The number of nitrogens with zero attached hydrogens (tertiary/aromatic N) is 2. The number of halogens is 1. The van der Waals surface area contributed by atoms with Gasteiger partial charge in [-0.3, -0.25) is 14.2 Å². The fraction of sp³-hybridized carbons (Fsp3) is 0.350. The molecule has 8 heteroatoms. The molecule has 0 saturated carbocycles. The van der Waals surface area contributed by atoms with Crippen molar-refractivity contribution in [3.63, 3.8) is 0 Å². The highest BCUT2D eigenvalue weighted by Gasteiger charge is 2.19. The standard InChI is InChI=1S/C20H21FN2O4S/c1-2-27-19(25)12-18-23(13-17(24)22-9-3-4-10-22)20(26)16(28-18)11-14-5-7-15(21)8-6-14/h5-8,11-12H,2-4,9-10,13H2,1H3/b16-11-,18-12-. The first-order valence-corrected chi connectivity index (χ1v) is 9.93. The average Bonchev–Trinajstić information content (AvgIpc) is 3.29. The molecule has 0 bridgehead atoms. The van der Waals surface area contributed by atoms with Crippen LogP contribution in [0.1, 0.15) is 25.3 Å². The summed E-state index contributed by atoms with van der Waals surface area (Å²) >= 11 is 1.10. The Kier molecular flexibility index (Phi) is 6.41. The third kappa shape index (κ3) is 4.75. The summed E-state index contributed by atoms with van der Waals surface area (Å²) in [7, 11) is 0. The van der Waals surface area contributed by atoms with Gasteiger partial charge in [0.05, 0.1) is 17.2 Å². The SMILES string of the molecule is CCOC(=O)/C=c1\s/c(=C\c2ccc(F)cc2)c(=O)n1CC(=O)N1CCCC1. The largest absolute Gasteiger partial charge is 0.463 e. The van der Waals surface area contributed by atoms with E-state index in [1.807, 2.05) is 0 Å². The quantitative estimate of drug-likeness (QED) is 0.693. The minimum atomic E-state index is -0.570. The lowest BCUT2D eigenvalue weighted by molar-refractivity contribution is -0.135. The molecule has 3 rings (SSSR count). The molecule has 2 aromatic rings. The summed E-state index contributed by atoms with van der Waals surface area (Å²) in [6.07, 6.45) is 4.76. The van der Waals surface area contributed by atoms with Crippen molar-refractivity contribution in [2.24, 2.45) is 0 Å². The number of likely N-dealkylation sites (tertiary alicyclic amines) is 1. The molecule has 0 atom stereocenters. The third-order valence-corrected chi connectivity index (χ3v) is 5.44. The minimum absolute atomic E-state index is 0.127. The molecule has 148 valence electrons. The van der Waals surface area contributed by atoms with Crippen LogP contribution in [0.5, 0.6) is 0 Å². The van der Waals surface area contributed by atoms with Crippen LogP contribution in [-0.2, 0) is 20.9 Å². The molecule has 28 heavy (non-hydrogen) atoms. The van der Waals surface area contributed by atoms with Gasteiger partial charge in [-0.15, -0.1) is 11.3 Å². The lowest BCUT2D eigenvalue weighted by Gasteiger charge is -2.15.